The molecule has 22 heavy (non-hydrogen) atoms. The van der Waals surface area contributed by atoms with Gasteiger partial charge in [0, 0.05) is 13.1 Å². The Kier molecular flexibility index (Phi) is 6.07. The van der Waals surface area contributed by atoms with E-state index in [1.807, 2.05) is 30.3 Å². The normalized spacial score (nSPS) is 17.1. The van der Waals surface area contributed by atoms with Crippen LogP contribution >= 0.6 is 0 Å². The van der Waals surface area contributed by atoms with Gasteiger partial charge in [-0.25, -0.2) is 4.79 Å². The van der Waals surface area contributed by atoms with Crippen molar-refractivity contribution in [1.29, 1.82) is 0 Å². The highest BCUT2D eigenvalue weighted by molar-refractivity contribution is 5.67. The molecule has 0 aromatic heterocycles. The number of nitrogens with zero attached hydrogens (tertiary/aromatic N) is 1. The lowest BCUT2D eigenvalue weighted by atomic mass is 9.92. The van der Waals surface area contributed by atoms with E-state index in [0.29, 0.717) is 32.5 Å². The number of ether oxygens (including phenoxy) is 2. The summed E-state index contributed by atoms with van der Waals surface area (Å²) in [4.78, 5) is 13.5. The number of hydrogen-bond acceptors (Lipinski definition) is 4. The molecule has 1 aromatic carbocycles. The molecule has 0 spiro atoms. The van der Waals surface area contributed by atoms with Crippen LogP contribution in [0.2, 0.25) is 0 Å². The third kappa shape index (κ3) is 4.91. The number of unbranched alkanes of at least 4 members (excludes halogenated alkanes) is 1. The third-order valence-electron chi connectivity index (χ3n) is 3.93. The molecule has 0 aliphatic carbocycles. The fraction of sp³-hybridized carbons (Fsp3) is 0.588. The summed E-state index contributed by atoms with van der Waals surface area (Å²) < 4.78 is 10.8. The molecule has 1 fully saturated rings. The predicted octanol–water partition coefficient (Wildman–Crippen LogP) is 2.83. The summed E-state index contributed by atoms with van der Waals surface area (Å²) in [5, 5.41) is 10.5. The molecule has 0 bridgehead atoms. The Labute approximate surface area is 131 Å². The Bertz CT molecular complexity index is 455. The molecule has 5 heteroatoms. The smallest absolute Gasteiger partial charge is 0.409 e. The Hall–Kier alpha value is -1.75. The maximum absolute atomic E-state index is 11.9. The Morgan fingerprint density at radius 2 is 1.95 bits per heavy atom. The number of likely N-dealkylation sites (tertiary alicyclic amines) is 1. The molecule has 1 amide bonds. The summed E-state index contributed by atoms with van der Waals surface area (Å²) in [7, 11) is 0. The monoisotopic (exact) mass is 307 g/mol. The first-order valence-corrected chi connectivity index (χ1v) is 7.95. The topological polar surface area (TPSA) is 59.0 Å². The van der Waals surface area contributed by atoms with Gasteiger partial charge in [0.2, 0.25) is 0 Å². The van der Waals surface area contributed by atoms with Gasteiger partial charge in [0.15, 0.2) is 0 Å². The Morgan fingerprint density at radius 3 is 2.59 bits per heavy atom. The van der Waals surface area contributed by atoms with E-state index in [9.17, 15) is 9.90 Å². The second-order valence-corrected chi connectivity index (χ2v) is 5.78. The lowest BCUT2D eigenvalue weighted by Crippen LogP contribution is -2.49. The van der Waals surface area contributed by atoms with Crippen LogP contribution in [0.15, 0.2) is 30.3 Å². The zero-order valence-corrected chi connectivity index (χ0v) is 13.2. The first kappa shape index (κ1) is 16.6. The van der Waals surface area contributed by atoms with Crippen LogP contribution in [0.5, 0.6) is 5.75 Å². The van der Waals surface area contributed by atoms with E-state index in [2.05, 4.69) is 6.92 Å². The van der Waals surface area contributed by atoms with E-state index >= 15 is 0 Å². The molecule has 1 aromatic rings. The molecule has 1 aliphatic rings. The highest BCUT2D eigenvalue weighted by atomic mass is 16.6. The molecular formula is C17H25NO4. The fourth-order valence-electron chi connectivity index (χ4n) is 2.38. The van der Waals surface area contributed by atoms with Crippen LogP contribution in [0.3, 0.4) is 0 Å². The fourth-order valence-corrected chi connectivity index (χ4v) is 2.38. The summed E-state index contributed by atoms with van der Waals surface area (Å²) in [6.07, 6.45) is 2.61. The van der Waals surface area contributed by atoms with Crippen molar-refractivity contribution in [3.05, 3.63) is 30.3 Å². The van der Waals surface area contributed by atoms with Crippen molar-refractivity contribution in [3.63, 3.8) is 0 Å². The highest BCUT2D eigenvalue weighted by Crippen LogP contribution is 2.24. The van der Waals surface area contributed by atoms with E-state index in [0.717, 1.165) is 18.6 Å². The van der Waals surface area contributed by atoms with Crippen LogP contribution < -0.4 is 4.74 Å². The quantitative estimate of drug-likeness (QED) is 0.821. The van der Waals surface area contributed by atoms with E-state index < -0.39 is 5.60 Å². The van der Waals surface area contributed by atoms with E-state index in [1.54, 1.807) is 4.90 Å². The number of benzene rings is 1. The summed E-state index contributed by atoms with van der Waals surface area (Å²) in [5.74, 6) is 0.748. The highest BCUT2D eigenvalue weighted by Gasteiger charge is 2.35. The van der Waals surface area contributed by atoms with Gasteiger partial charge < -0.3 is 19.5 Å². The maximum atomic E-state index is 11.9. The molecule has 0 radical (unpaired) electrons. The van der Waals surface area contributed by atoms with Crippen molar-refractivity contribution in [2.24, 2.45) is 0 Å². The lowest BCUT2D eigenvalue weighted by molar-refractivity contribution is -0.0503. The molecule has 0 atom stereocenters. The van der Waals surface area contributed by atoms with Gasteiger partial charge in [-0.15, -0.1) is 0 Å². The third-order valence-corrected chi connectivity index (χ3v) is 3.93. The molecule has 1 N–H and O–H groups in total. The second-order valence-electron chi connectivity index (χ2n) is 5.78. The zero-order chi connectivity index (χ0) is 15.8. The summed E-state index contributed by atoms with van der Waals surface area (Å²) in [5.41, 5.74) is -0.879. The van der Waals surface area contributed by atoms with Crippen molar-refractivity contribution in [3.8, 4) is 5.75 Å². The average molecular weight is 307 g/mol. The first-order chi connectivity index (χ1) is 10.6. The Balaban J connectivity index is 1.74. The Morgan fingerprint density at radius 1 is 1.27 bits per heavy atom. The molecule has 5 nitrogen and oxygen atoms in total. The molecular weight excluding hydrogens is 282 g/mol. The van der Waals surface area contributed by atoms with Gasteiger partial charge in [-0.3, -0.25) is 0 Å². The molecule has 0 saturated carbocycles. The molecule has 1 aliphatic heterocycles. The predicted molar refractivity (Wildman–Crippen MR) is 83.9 cm³/mol. The van der Waals surface area contributed by atoms with Crippen LogP contribution in [0.4, 0.5) is 4.79 Å². The summed E-state index contributed by atoms with van der Waals surface area (Å²) in [6.45, 7) is 3.77. The van der Waals surface area contributed by atoms with Crippen molar-refractivity contribution >= 4 is 6.09 Å². The molecule has 2 rings (SSSR count). The standard InChI is InChI=1S/C17H25NO4/c1-2-3-13-21-16(19)18-11-9-17(20,10-12-18)14-22-15-7-5-4-6-8-15/h4-8,20H,2-3,9-14H2,1H3. The first-order valence-electron chi connectivity index (χ1n) is 7.95. The number of hydrogen-bond donors (Lipinski definition) is 1. The minimum atomic E-state index is -0.879. The zero-order valence-electron chi connectivity index (χ0n) is 13.2. The van der Waals surface area contributed by atoms with Gasteiger partial charge in [0.1, 0.15) is 18.0 Å². The van der Waals surface area contributed by atoms with E-state index in [-0.39, 0.29) is 12.7 Å². The van der Waals surface area contributed by atoms with Crippen LogP contribution in [-0.2, 0) is 4.74 Å². The summed E-state index contributed by atoms with van der Waals surface area (Å²) >= 11 is 0. The molecule has 1 saturated heterocycles. The number of carbonyl (C=O) groups excluding carboxylic acids is 1. The molecule has 122 valence electrons. The molecule has 1 heterocycles. The van der Waals surface area contributed by atoms with Crippen LogP contribution in [0.25, 0.3) is 0 Å². The minimum Gasteiger partial charge on any atom is -0.491 e. The average Bonchev–Trinajstić information content (AvgIpc) is 2.55. The van der Waals surface area contributed by atoms with Gasteiger partial charge in [0.05, 0.1) is 6.61 Å². The largest absolute Gasteiger partial charge is 0.491 e. The summed E-state index contributed by atoms with van der Waals surface area (Å²) in [6, 6.07) is 9.44. The number of piperidine rings is 1. The van der Waals surface area contributed by atoms with Crippen LogP contribution in [-0.4, -0.2) is 48.0 Å². The number of amides is 1. The van der Waals surface area contributed by atoms with Crippen molar-refractivity contribution < 1.29 is 19.4 Å². The SMILES string of the molecule is CCCCOC(=O)N1CCC(O)(COc2ccccc2)CC1. The van der Waals surface area contributed by atoms with E-state index in [4.69, 9.17) is 9.47 Å². The van der Waals surface area contributed by atoms with Crippen LogP contribution in [0.1, 0.15) is 32.6 Å². The van der Waals surface area contributed by atoms with Gasteiger partial charge in [0.25, 0.3) is 0 Å². The second kappa shape index (κ2) is 8.03. The van der Waals surface area contributed by atoms with Crippen molar-refractivity contribution in [1.82, 2.24) is 4.90 Å². The van der Waals surface area contributed by atoms with Crippen molar-refractivity contribution in [2.75, 3.05) is 26.3 Å². The van der Waals surface area contributed by atoms with Gasteiger partial charge >= 0.3 is 6.09 Å². The van der Waals surface area contributed by atoms with E-state index in [1.165, 1.54) is 0 Å². The lowest BCUT2D eigenvalue weighted by Gasteiger charge is -2.37. The van der Waals surface area contributed by atoms with Gasteiger partial charge in [-0.2, -0.15) is 0 Å². The number of para-hydroxylation sites is 1. The van der Waals surface area contributed by atoms with Gasteiger partial charge in [-0.05, 0) is 31.4 Å². The minimum absolute atomic E-state index is 0.246. The number of rotatable bonds is 6. The van der Waals surface area contributed by atoms with Crippen LogP contribution in [0, 0.1) is 0 Å². The number of carbonyl (C=O) groups is 1. The maximum Gasteiger partial charge on any atom is 0.409 e. The van der Waals surface area contributed by atoms with Gasteiger partial charge in [-0.1, -0.05) is 31.5 Å². The van der Waals surface area contributed by atoms with Crippen molar-refractivity contribution in [2.45, 2.75) is 38.2 Å². The number of aliphatic hydroxyl groups is 1. The molecule has 0 unspecified atom stereocenters.